The third-order valence-corrected chi connectivity index (χ3v) is 5.77. The first-order valence-corrected chi connectivity index (χ1v) is 12.1. The van der Waals surface area contributed by atoms with Crippen LogP contribution in [0.2, 0.25) is 0 Å². The SMILES string of the molecule is CCN(CC)C(=O)C[C@H](NC(=O)OCc1ccccc1)C(=O)N[C@@H](Cc1ccccc1)[C@H](O)C(=O)OC. The number of aliphatic hydroxyl groups is 1. The van der Waals surface area contributed by atoms with Crippen molar-refractivity contribution in [2.45, 2.75) is 51.5 Å². The fraction of sp³-hybridized carbons (Fsp3) is 0.407. The number of nitrogens with zero attached hydrogens (tertiary/aromatic N) is 1. The zero-order valence-corrected chi connectivity index (χ0v) is 21.4. The number of amides is 3. The molecule has 200 valence electrons. The van der Waals surface area contributed by atoms with E-state index in [1.165, 1.54) is 4.90 Å². The van der Waals surface area contributed by atoms with Crippen molar-refractivity contribution in [1.29, 1.82) is 0 Å². The maximum absolute atomic E-state index is 13.3. The van der Waals surface area contributed by atoms with Crippen molar-refractivity contribution >= 4 is 23.9 Å². The maximum Gasteiger partial charge on any atom is 0.408 e. The highest BCUT2D eigenvalue weighted by molar-refractivity contribution is 5.91. The molecular formula is C27H35N3O7. The molecule has 0 unspecified atom stereocenters. The van der Waals surface area contributed by atoms with E-state index in [-0.39, 0.29) is 25.4 Å². The Morgan fingerprint density at radius 2 is 1.46 bits per heavy atom. The molecule has 0 saturated carbocycles. The van der Waals surface area contributed by atoms with E-state index in [2.05, 4.69) is 15.4 Å². The Bertz CT molecular complexity index is 1010. The topological polar surface area (TPSA) is 134 Å². The van der Waals surface area contributed by atoms with E-state index < -0.39 is 36.2 Å². The molecule has 2 rings (SSSR count). The van der Waals surface area contributed by atoms with Crippen LogP contribution in [0.4, 0.5) is 4.79 Å². The summed E-state index contributed by atoms with van der Waals surface area (Å²) < 4.78 is 9.87. The van der Waals surface area contributed by atoms with Gasteiger partial charge in [0.1, 0.15) is 12.6 Å². The van der Waals surface area contributed by atoms with Gasteiger partial charge in [-0.25, -0.2) is 9.59 Å². The van der Waals surface area contributed by atoms with Gasteiger partial charge in [0.05, 0.1) is 19.6 Å². The standard InChI is InChI=1S/C27H35N3O7/c1-4-30(5-2)23(31)17-22(29-27(35)37-18-20-14-10-7-11-15-20)25(33)28-21(24(32)26(34)36-3)16-19-12-8-6-9-13-19/h6-15,21-22,24,32H,4-5,16-18H2,1-3H3,(H,28,33)(H,29,35)/t21-,22-,24-/m0/s1. The first-order valence-electron chi connectivity index (χ1n) is 12.1. The molecule has 0 aromatic heterocycles. The summed E-state index contributed by atoms with van der Waals surface area (Å²) in [5.41, 5.74) is 1.50. The highest BCUT2D eigenvalue weighted by atomic mass is 16.5. The largest absolute Gasteiger partial charge is 0.467 e. The lowest BCUT2D eigenvalue weighted by atomic mass is 10.00. The van der Waals surface area contributed by atoms with Crippen LogP contribution in [0.25, 0.3) is 0 Å². The number of hydrogen-bond donors (Lipinski definition) is 3. The van der Waals surface area contributed by atoms with Crippen molar-refractivity contribution in [3.8, 4) is 0 Å². The van der Waals surface area contributed by atoms with Crippen LogP contribution in [-0.2, 0) is 36.9 Å². The molecule has 10 heteroatoms. The normalized spacial score (nSPS) is 13.0. The minimum absolute atomic E-state index is 0.0251. The Hall–Kier alpha value is -3.92. The maximum atomic E-state index is 13.3. The van der Waals surface area contributed by atoms with Crippen LogP contribution in [0.15, 0.2) is 60.7 Å². The molecule has 0 heterocycles. The highest BCUT2D eigenvalue weighted by Crippen LogP contribution is 2.10. The van der Waals surface area contributed by atoms with Crippen molar-refractivity contribution in [3.63, 3.8) is 0 Å². The number of nitrogens with one attached hydrogen (secondary N) is 2. The Labute approximate surface area is 216 Å². The number of esters is 1. The fourth-order valence-corrected chi connectivity index (χ4v) is 3.67. The van der Waals surface area contributed by atoms with E-state index in [1.54, 1.807) is 62.4 Å². The number of carbonyl (C=O) groups is 4. The Kier molecular flexibility index (Phi) is 12.1. The fourth-order valence-electron chi connectivity index (χ4n) is 3.67. The molecule has 0 fully saturated rings. The summed E-state index contributed by atoms with van der Waals surface area (Å²) in [7, 11) is 1.13. The van der Waals surface area contributed by atoms with E-state index in [4.69, 9.17) is 4.74 Å². The predicted octanol–water partition coefficient (Wildman–Crippen LogP) is 1.80. The van der Waals surface area contributed by atoms with E-state index in [9.17, 15) is 24.3 Å². The third kappa shape index (κ3) is 9.57. The molecule has 3 N–H and O–H groups in total. The summed E-state index contributed by atoms with van der Waals surface area (Å²) >= 11 is 0. The summed E-state index contributed by atoms with van der Waals surface area (Å²) in [6, 6.07) is 15.6. The van der Waals surface area contributed by atoms with Crippen LogP contribution >= 0.6 is 0 Å². The minimum Gasteiger partial charge on any atom is -0.467 e. The lowest BCUT2D eigenvalue weighted by Crippen LogP contribution is -2.56. The molecule has 0 aliphatic heterocycles. The summed E-state index contributed by atoms with van der Waals surface area (Å²) in [6.45, 7) is 4.45. The monoisotopic (exact) mass is 513 g/mol. The average molecular weight is 514 g/mol. The molecule has 0 bridgehead atoms. The molecule has 3 amide bonds. The number of rotatable bonds is 13. The van der Waals surface area contributed by atoms with Gasteiger partial charge >= 0.3 is 12.1 Å². The van der Waals surface area contributed by atoms with Crippen molar-refractivity contribution in [2.75, 3.05) is 20.2 Å². The Balaban J connectivity index is 2.19. The average Bonchev–Trinajstić information content (AvgIpc) is 2.92. The van der Waals surface area contributed by atoms with Gasteiger partial charge in [-0.1, -0.05) is 60.7 Å². The molecule has 37 heavy (non-hydrogen) atoms. The zero-order valence-electron chi connectivity index (χ0n) is 21.4. The quantitative estimate of drug-likeness (QED) is 0.348. The van der Waals surface area contributed by atoms with Crippen molar-refractivity contribution < 1.29 is 33.8 Å². The first kappa shape index (κ1) is 29.3. The van der Waals surface area contributed by atoms with Gasteiger partial charge in [0, 0.05) is 13.1 Å². The van der Waals surface area contributed by atoms with Gasteiger partial charge in [-0.3, -0.25) is 9.59 Å². The first-order chi connectivity index (χ1) is 17.8. The summed E-state index contributed by atoms with van der Waals surface area (Å²) in [6.07, 6.45) is -2.78. The van der Waals surface area contributed by atoms with Gasteiger partial charge in [-0.2, -0.15) is 0 Å². The number of alkyl carbamates (subject to hydrolysis) is 1. The second kappa shape index (κ2) is 15.2. The second-order valence-electron chi connectivity index (χ2n) is 8.30. The van der Waals surface area contributed by atoms with E-state index in [0.29, 0.717) is 13.1 Å². The predicted molar refractivity (Wildman–Crippen MR) is 136 cm³/mol. The Morgan fingerprint density at radius 1 is 0.892 bits per heavy atom. The number of hydrogen-bond acceptors (Lipinski definition) is 7. The van der Waals surface area contributed by atoms with Crippen molar-refractivity contribution in [2.24, 2.45) is 0 Å². The summed E-state index contributed by atoms with van der Waals surface area (Å²) in [5, 5.41) is 15.6. The molecule has 2 aromatic rings. The molecule has 10 nitrogen and oxygen atoms in total. The van der Waals surface area contributed by atoms with Gasteiger partial charge in [0.15, 0.2) is 6.10 Å². The molecule has 0 spiro atoms. The minimum atomic E-state index is -1.67. The third-order valence-electron chi connectivity index (χ3n) is 5.77. The molecule has 0 saturated heterocycles. The van der Waals surface area contributed by atoms with E-state index in [0.717, 1.165) is 18.2 Å². The van der Waals surface area contributed by atoms with E-state index in [1.807, 2.05) is 12.1 Å². The molecule has 0 radical (unpaired) electrons. The van der Waals surface area contributed by atoms with E-state index >= 15 is 0 Å². The number of methoxy groups -OCH3 is 1. The summed E-state index contributed by atoms with van der Waals surface area (Å²) in [5.74, 6) is -2.02. The Morgan fingerprint density at radius 3 is 2.00 bits per heavy atom. The zero-order chi connectivity index (χ0) is 27.2. The number of ether oxygens (including phenoxy) is 2. The number of carbonyl (C=O) groups excluding carboxylic acids is 4. The van der Waals surface area contributed by atoms with Gasteiger partial charge in [0.25, 0.3) is 0 Å². The summed E-state index contributed by atoms with van der Waals surface area (Å²) in [4.78, 5) is 52.2. The van der Waals surface area contributed by atoms with Crippen LogP contribution in [0.5, 0.6) is 0 Å². The van der Waals surface area contributed by atoms with Gasteiger partial charge in [0.2, 0.25) is 11.8 Å². The van der Waals surface area contributed by atoms with Crippen LogP contribution in [0.3, 0.4) is 0 Å². The molecular weight excluding hydrogens is 478 g/mol. The van der Waals surface area contributed by atoms with Crippen molar-refractivity contribution in [1.82, 2.24) is 15.5 Å². The number of aliphatic hydroxyl groups excluding tert-OH is 1. The van der Waals surface area contributed by atoms with Gasteiger partial charge in [-0.05, 0) is 31.4 Å². The van der Waals surface area contributed by atoms with Crippen LogP contribution in [-0.4, -0.2) is 72.3 Å². The number of benzene rings is 2. The van der Waals surface area contributed by atoms with Crippen LogP contribution in [0.1, 0.15) is 31.4 Å². The lowest BCUT2D eigenvalue weighted by Gasteiger charge is -2.27. The molecule has 3 atom stereocenters. The highest BCUT2D eigenvalue weighted by Gasteiger charge is 2.33. The second-order valence-corrected chi connectivity index (χ2v) is 8.30. The van der Waals surface area contributed by atoms with Gasteiger partial charge < -0.3 is 30.1 Å². The lowest BCUT2D eigenvalue weighted by molar-refractivity contribution is -0.152. The van der Waals surface area contributed by atoms with Crippen molar-refractivity contribution in [3.05, 3.63) is 71.8 Å². The molecule has 0 aliphatic carbocycles. The smallest absolute Gasteiger partial charge is 0.408 e. The van der Waals surface area contributed by atoms with Crippen LogP contribution in [0, 0.1) is 0 Å². The molecule has 2 aromatic carbocycles. The van der Waals surface area contributed by atoms with Gasteiger partial charge in [-0.15, -0.1) is 0 Å². The van der Waals surface area contributed by atoms with Crippen LogP contribution < -0.4 is 10.6 Å². The molecule has 0 aliphatic rings.